The molecule has 0 spiro atoms. The van der Waals surface area contributed by atoms with E-state index in [1.807, 2.05) is 19.3 Å². The molecule has 0 fully saturated rings. The minimum absolute atomic E-state index is 0.874. The van der Waals surface area contributed by atoms with Gasteiger partial charge >= 0.3 is 0 Å². The van der Waals surface area contributed by atoms with Crippen LogP contribution in [0.5, 0.6) is 0 Å². The summed E-state index contributed by atoms with van der Waals surface area (Å²) in [5, 5.41) is 11.8. The van der Waals surface area contributed by atoms with Crippen LogP contribution in [0.2, 0.25) is 0 Å². The van der Waals surface area contributed by atoms with Crippen molar-refractivity contribution < 1.29 is 0 Å². The van der Waals surface area contributed by atoms with E-state index >= 15 is 0 Å². The topological polar surface area (TPSA) is 55.6 Å². The molecule has 5 nitrogen and oxygen atoms in total. The monoisotopic (exact) mass is 229 g/mol. The van der Waals surface area contributed by atoms with Crippen LogP contribution in [0.25, 0.3) is 11.4 Å². The van der Waals surface area contributed by atoms with Gasteiger partial charge < -0.3 is 5.32 Å². The highest BCUT2D eigenvalue weighted by molar-refractivity contribution is 5.57. The van der Waals surface area contributed by atoms with Gasteiger partial charge in [-0.1, -0.05) is 0 Å². The van der Waals surface area contributed by atoms with Crippen LogP contribution in [0.15, 0.2) is 18.5 Å². The first-order valence-electron chi connectivity index (χ1n) is 5.94. The van der Waals surface area contributed by atoms with E-state index in [-0.39, 0.29) is 0 Å². The SMILES string of the molecule is Cc1cncc(-c2nnc3n2CCCCN3)c1. The average Bonchev–Trinajstić information content (AvgIpc) is 2.59. The molecule has 3 rings (SSSR count). The van der Waals surface area contributed by atoms with Gasteiger partial charge in [0.25, 0.3) is 0 Å². The lowest BCUT2D eigenvalue weighted by atomic mass is 10.2. The van der Waals surface area contributed by atoms with E-state index in [4.69, 9.17) is 0 Å². The van der Waals surface area contributed by atoms with Crippen molar-refractivity contribution in [1.82, 2.24) is 19.7 Å². The van der Waals surface area contributed by atoms with Gasteiger partial charge in [0, 0.05) is 31.0 Å². The summed E-state index contributed by atoms with van der Waals surface area (Å²) in [4.78, 5) is 4.21. The predicted octanol–water partition coefficient (Wildman–Crippen LogP) is 1.85. The van der Waals surface area contributed by atoms with Crippen molar-refractivity contribution in [2.75, 3.05) is 11.9 Å². The Bertz CT molecular complexity index is 531. The maximum atomic E-state index is 4.26. The molecule has 5 heteroatoms. The van der Waals surface area contributed by atoms with Gasteiger partial charge in [-0.05, 0) is 31.4 Å². The van der Waals surface area contributed by atoms with Crippen molar-refractivity contribution in [2.24, 2.45) is 0 Å². The van der Waals surface area contributed by atoms with Gasteiger partial charge in [-0.25, -0.2) is 0 Å². The van der Waals surface area contributed by atoms with Crippen LogP contribution < -0.4 is 5.32 Å². The Balaban J connectivity index is 2.06. The molecule has 3 heterocycles. The van der Waals surface area contributed by atoms with Crippen molar-refractivity contribution in [3.05, 3.63) is 24.0 Å². The molecule has 0 radical (unpaired) electrons. The van der Waals surface area contributed by atoms with Crippen molar-refractivity contribution in [3.63, 3.8) is 0 Å². The van der Waals surface area contributed by atoms with Crippen LogP contribution in [0, 0.1) is 6.92 Å². The zero-order valence-corrected chi connectivity index (χ0v) is 9.85. The van der Waals surface area contributed by atoms with Crippen LogP contribution >= 0.6 is 0 Å². The third kappa shape index (κ3) is 1.88. The Morgan fingerprint density at radius 3 is 3.06 bits per heavy atom. The molecular weight excluding hydrogens is 214 g/mol. The molecule has 0 amide bonds. The van der Waals surface area contributed by atoms with E-state index in [1.54, 1.807) is 0 Å². The second-order valence-corrected chi connectivity index (χ2v) is 4.38. The lowest BCUT2D eigenvalue weighted by Gasteiger charge is -2.06. The molecule has 0 atom stereocenters. The quantitative estimate of drug-likeness (QED) is 0.810. The summed E-state index contributed by atoms with van der Waals surface area (Å²) in [6, 6.07) is 2.09. The highest BCUT2D eigenvalue weighted by atomic mass is 15.4. The lowest BCUT2D eigenvalue weighted by Crippen LogP contribution is -2.04. The van der Waals surface area contributed by atoms with Crippen LogP contribution in [-0.2, 0) is 6.54 Å². The Kier molecular flexibility index (Phi) is 2.51. The molecule has 2 aromatic heterocycles. The minimum atomic E-state index is 0.874. The summed E-state index contributed by atoms with van der Waals surface area (Å²) in [5.41, 5.74) is 2.17. The van der Waals surface area contributed by atoms with Crippen molar-refractivity contribution >= 4 is 5.95 Å². The number of hydrogen-bond acceptors (Lipinski definition) is 4. The number of aromatic nitrogens is 4. The predicted molar refractivity (Wildman–Crippen MR) is 65.7 cm³/mol. The van der Waals surface area contributed by atoms with E-state index in [1.165, 1.54) is 6.42 Å². The number of rotatable bonds is 1. The molecule has 0 saturated carbocycles. The van der Waals surface area contributed by atoms with Gasteiger partial charge in [0.1, 0.15) is 0 Å². The normalized spacial score (nSPS) is 14.9. The number of fused-ring (bicyclic) bond motifs is 1. The first-order chi connectivity index (χ1) is 8.34. The largest absolute Gasteiger partial charge is 0.354 e. The van der Waals surface area contributed by atoms with Gasteiger partial charge in [0.05, 0.1) is 0 Å². The molecule has 1 aliphatic heterocycles. The molecular formula is C12H15N5. The summed E-state index contributed by atoms with van der Waals surface area (Å²) in [7, 11) is 0. The Morgan fingerprint density at radius 2 is 2.18 bits per heavy atom. The maximum absolute atomic E-state index is 4.26. The van der Waals surface area contributed by atoms with Crippen molar-refractivity contribution in [2.45, 2.75) is 26.3 Å². The first kappa shape index (κ1) is 10.3. The molecule has 0 unspecified atom stereocenters. The van der Waals surface area contributed by atoms with E-state index in [9.17, 15) is 0 Å². The van der Waals surface area contributed by atoms with E-state index in [0.717, 1.165) is 42.4 Å². The Morgan fingerprint density at radius 1 is 1.24 bits per heavy atom. The molecule has 0 bridgehead atoms. The van der Waals surface area contributed by atoms with E-state index < -0.39 is 0 Å². The van der Waals surface area contributed by atoms with Crippen molar-refractivity contribution in [3.8, 4) is 11.4 Å². The third-order valence-electron chi connectivity index (χ3n) is 2.98. The molecule has 0 aliphatic carbocycles. The number of pyridine rings is 1. The highest BCUT2D eigenvalue weighted by Gasteiger charge is 2.15. The number of anilines is 1. The smallest absolute Gasteiger partial charge is 0.224 e. The molecule has 2 aromatic rings. The van der Waals surface area contributed by atoms with Gasteiger partial charge in [-0.3, -0.25) is 9.55 Å². The van der Waals surface area contributed by atoms with Gasteiger partial charge in [0.15, 0.2) is 5.82 Å². The standard InChI is InChI=1S/C12H15N5/c1-9-6-10(8-13-7-9)11-15-16-12-14-4-2-3-5-17(11)12/h6-8H,2-5H2,1H3,(H,14,16). The molecule has 1 aliphatic rings. The van der Waals surface area contributed by atoms with Gasteiger partial charge in [0.2, 0.25) is 5.95 Å². The second-order valence-electron chi connectivity index (χ2n) is 4.38. The van der Waals surface area contributed by atoms with Gasteiger partial charge in [-0.2, -0.15) is 0 Å². The second kappa shape index (κ2) is 4.16. The summed E-state index contributed by atoms with van der Waals surface area (Å²) >= 11 is 0. The number of aryl methyl sites for hydroxylation is 1. The number of nitrogens with one attached hydrogen (secondary N) is 1. The fourth-order valence-electron chi connectivity index (χ4n) is 2.13. The fourth-order valence-corrected chi connectivity index (χ4v) is 2.13. The van der Waals surface area contributed by atoms with Crippen LogP contribution in [0.3, 0.4) is 0 Å². The fraction of sp³-hybridized carbons (Fsp3) is 0.417. The zero-order valence-electron chi connectivity index (χ0n) is 9.85. The number of nitrogens with zero attached hydrogens (tertiary/aromatic N) is 4. The van der Waals surface area contributed by atoms with E-state index in [2.05, 4.69) is 31.1 Å². The van der Waals surface area contributed by atoms with Gasteiger partial charge in [-0.15, -0.1) is 10.2 Å². The molecule has 1 N–H and O–H groups in total. The minimum Gasteiger partial charge on any atom is -0.354 e. The first-order valence-corrected chi connectivity index (χ1v) is 5.94. The lowest BCUT2D eigenvalue weighted by molar-refractivity contribution is 0.657. The summed E-state index contributed by atoms with van der Waals surface area (Å²) in [5.74, 6) is 1.78. The van der Waals surface area contributed by atoms with E-state index in [0.29, 0.717) is 0 Å². The molecule has 88 valence electrons. The maximum Gasteiger partial charge on any atom is 0.224 e. The average molecular weight is 229 g/mol. The van der Waals surface area contributed by atoms with Crippen LogP contribution in [0.1, 0.15) is 18.4 Å². The summed E-state index contributed by atoms with van der Waals surface area (Å²) < 4.78 is 2.14. The van der Waals surface area contributed by atoms with Crippen LogP contribution in [0.4, 0.5) is 5.95 Å². The summed E-state index contributed by atoms with van der Waals surface area (Å²) in [6.45, 7) is 3.98. The molecule has 0 aromatic carbocycles. The molecule has 17 heavy (non-hydrogen) atoms. The Hall–Kier alpha value is -1.91. The molecule has 0 saturated heterocycles. The third-order valence-corrected chi connectivity index (χ3v) is 2.98. The highest BCUT2D eigenvalue weighted by Crippen LogP contribution is 2.22. The number of hydrogen-bond donors (Lipinski definition) is 1. The summed E-state index contributed by atoms with van der Waals surface area (Å²) in [6.07, 6.45) is 6.02. The van der Waals surface area contributed by atoms with Crippen molar-refractivity contribution in [1.29, 1.82) is 0 Å². The zero-order chi connectivity index (χ0) is 11.7. The Labute approximate surface area is 99.9 Å². The van der Waals surface area contributed by atoms with Crippen LogP contribution in [-0.4, -0.2) is 26.3 Å².